The topological polar surface area (TPSA) is 12.0 Å². The van der Waals surface area contributed by atoms with Gasteiger partial charge in [-0.1, -0.05) is 138 Å². The first-order valence-electron chi connectivity index (χ1n) is 12.3. The smallest absolute Gasteiger partial charge is 0.0413 e. The molecular weight excluding hydrogens is 362 g/mol. The predicted octanol–water partition coefficient (Wildman–Crippen LogP) is 9.97. The fraction of sp³-hybridized carbons (Fsp3) is 0.586. The van der Waals surface area contributed by atoms with Crippen LogP contribution in [0.25, 0.3) is 0 Å². The summed E-state index contributed by atoms with van der Waals surface area (Å²) in [4.78, 5) is 0. The average molecular weight is 418 g/mol. The van der Waals surface area contributed by atoms with Gasteiger partial charge in [0.2, 0.25) is 0 Å². The van der Waals surface area contributed by atoms with Gasteiger partial charge in [-0.05, 0) is 25.0 Å². The van der Waals surface area contributed by atoms with Crippen LogP contribution in [0.4, 0.5) is 0 Å². The van der Waals surface area contributed by atoms with Gasteiger partial charge in [-0.2, -0.15) is 0 Å². The maximum absolute atomic E-state index is 3.30. The van der Waals surface area contributed by atoms with Gasteiger partial charge in [-0.25, -0.2) is 0 Å². The van der Waals surface area contributed by atoms with Gasteiger partial charge >= 0.3 is 0 Å². The van der Waals surface area contributed by atoms with Gasteiger partial charge in [0.1, 0.15) is 0 Å². The summed E-state index contributed by atoms with van der Waals surface area (Å²) in [5.74, 6) is 0. The number of allylic oxidation sites excluding steroid dienone is 10. The lowest BCUT2D eigenvalue weighted by molar-refractivity contribution is 0.627. The van der Waals surface area contributed by atoms with Crippen molar-refractivity contribution in [2.45, 2.75) is 102 Å². The van der Waals surface area contributed by atoms with E-state index in [2.05, 4.69) is 88.5 Å². The minimum atomic E-state index is 0.114. The van der Waals surface area contributed by atoms with E-state index in [-0.39, 0.29) is 5.41 Å². The van der Waals surface area contributed by atoms with Crippen LogP contribution in [0.3, 0.4) is 0 Å². The van der Waals surface area contributed by atoms with E-state index < -0.39 is 0 Å². The van der Waals surface area contributed by atoms with Crippen LogP contribution in [0.2, 0.25) is 0 Å². The van der Waals surface area contributed by atoms with Crippen LogP contribution in [0, 0.1) is 5.41 Å². The summed E-state index contributed by atoms with van der Waals surface area (Å²) in [5.41, 5.74) is 3.77. The molecule has 1 N–H and O–H groups in total. The number of nitrogens with one attached hydrogen (secondary N) is 1. The molecular formula is C29H55N. The zero-order valence-corrected chi connectivity index (χ0v) is 22.8. The highest BCUT2D eigenvalue weighted by molar-refractivity contribution is 5.54. The number of hydrogen-bond donors (Lipinski definition) is 1. The van der Waals surface area contributed by atoms with Crippen molar-refractivity contribution < 1.29 is 0 Å². The van der Waals surface area contributed by atoms with Crippen LogP contribution in [-0.4, -0.2) is 7.05 Å². The van der Waals surface area contributed by atoms with Crippen LogP contribution < -0.4 is 5.32 Å². The second kappa shape index (κ2) is 27.2. The molecule has 1 aliphatic rings. The Morgan fingerprint density at radius 3 is 1.87 bits per heavy atom. The monoisotopic (exact) mass is 417 g/mol. The molecule has 1 rings (SSSR count). The van der Waals surface area contributed by atoms with Gasteiger partial charge in [0.05, 0.1) is 0 Å². The third-order valence-electron chi connectivity index (χ3n) is 3.73. The van der Waals surface area contributed by atoms with Crippen LogP contribution in [-0.2, 0) is 0 Å². The molecule has 0 aromatic rings. The molecule has 0 unspecified atom stereocenters. The molecule has 1 aliphatic carbocycles. The molecule has 0 fully saturated rings. The van der Waals surface area contributed by atoms with Gasteiger partial charge in [-0.3, -0.25) is 0 Å². The van der Waals surface area contributed by atoms with Crippen LogP contribution in [0.15, 0.2) is 71.5 Å². The van der Waals surface area contributed by atoms with Crippen molar-refractivity contribution in [1.29, 1.82) is 0 Å². The molecule has 30 heavy (non-hydrogen) atoms. The molecule has 0 aliphatic heterocycles. The van der Waals surface area contributed by atoms with Gasteiger partial charge in [-0.15, -0.1) is 0 Å². The van der Waals surface area contributed by atoms with E-state index in [4.69, 9.17) is 0 Å². The normalized spacial score (nSPS) is 14.4. The van der Waals surface area contributed by atoms with Gasteiger partial charge in [0, 0.05) is 23.7 Å². The molecule has 0 aromatic carbocycles. The lowest BCUT2D eigenvalue weighted by Crippen LogP contribution is -2.09. The maximum atomic E-state index is 3.30. The van der Waals surface area contributed by atoms with E-state index in [9.17, 15) is 0 Å². The summed E-state index contributed by atoms with van der Waals surface area (Å²) in [6, 6.07) is 0. The molecule has 1 heteroatoms. The summed E-state index contributed by atoms with van der Waals surface area (Å²) >= 11 is 0. The second-order valence-corrected chi connectivity index (χ2v) is 6.52. The van der Waals surface area contributed by atoms with Crippen molar-refractivity contribution in [2.75, 3.05) is 7.05 Å². The van der Waals surface area contributed by atoms with E-state index in [1.54, 1.807) is 0 Å². The Kier molecular flexibility index (Phi) is 32.4. The fourth-order valence-corrected chi connectivity index (χ4v) is 2.08. The summed E-state index contributed by atoms with van der Waals surface area (Å²) < 4.78 is 0. The Labute approximate surface area is 191 Å². The Bertz CT molecular complexity index is 521. The van der Waals surface area contributed by atoms with Crippen molar-refractivity contribution in [1.82, 2.24) is 5.32 Å². The third kappa shape index (κ3) is 19.6. The molecule has 0 bridgehead atoms. The van der Waals surface area contributed by atoms with Crippen molar-refractivity contribution in [3.63, 3.8) is 0 Å². The Hall–Kier alpha value is -1.76. The molecule has 1 nitrogen and oxygen atoms in total. The molecule has 0 spiro atoms. The van der Waals surface area contributed by atoms with E-state index in [1.165, 1.54) is 24.0 Å². The highest BCUT2D eigenvalue weighted by atomic mass is 14.8. The van der Waals surface area contributed by atoms with E-state index in [0.29, 0.717) is 0 Å². The Morgan fingerprint density at radius 1 is 0.933 bits per heavy atom. The maximum Gasteiger partial charge on any atom is 0.0413 e. The number of likely N-dealkylation sites (N-methyl/N-ethyl adjacent to an activating group) is 1. The largest absolute Gasteiger partial charge is 0.388 e. The van der Waals surface area contributed by atoms with Gasteiger partial charge < -0.3 is 5.32 Å². The molecule has 176 valence electrons. The highest BCUT2D eigenvalue weighted by Crippen LogP contribution is 2.27. The second-order valence-electron chi connectivity index (χ2n) is 6.52. The third-order valence-corrected chi connectivity index (χ3v) is 3.73. The van der Waals surface area contributed by atoms with Crippen molar-refractivity contribution in [2.24, 2.45) is 5.41 Å². The zero-order valence-electron chi connectivity index (χ0n) is 22.8. The number of rotatable bonds is 6. The lowest BCUT2D eigenvalue weighted by atomic mass is 9.92. The SMILES string of the molecule is CC.CC.CC.CCCC.C\C=C/C=C(NC)\C(=C/CC)C1=CC=CC(C)(C)C=C1. The summed E-state index contributed by atoms with van der Waals surface area (Å²) in [6.45, 7) is 25.0. The first kappa shape index (κ1) is 35.7. The molecule has 0 aromatic heterocycles. The first-order valence-corrected chi connectivity index (χ1v) is 12.3. The number of hydrogen-bond acceptors (Lipinski definition) is 1. The molecule has 0 atom stereocenters. The van der Waals surface area contributed by atoms with Crippen LogP contribution in [0.1, 0.15) is 102 Å². The standard InChI is InChI=1S/C19H27N.C4H10.3C2H6/c1-6-8-12-18(20-5)17(10-7-2)16-11-9-14-19(3,4)15-13-16;1-3-4-2;3*1-2/h6,8-15,20H,7H2,1-5H3;3-4H2,1-2H3;3*1-2H3/b8-6-,17-10-,18-12+;;;;. The lowest BCUT2D eigenvalue weighted by Gasteiger charge is -2.14. The van der Waals surface area contributed by atoms with Crippen molar-refractivity contribution in [3.05, 3.63) is 71.5 Å². The van der Waals surface area contributed by atoms with Crippen molar-refractivity contribution >= 4 is 0 Å². The van der Waals surface area contributed by atoms with Crippen LogP contribution in [0.5, 0.6) is 0 Å². The molecule has 0 saturated carbocycles. The summed E-state index contributed by atoms with van der Waals surface area (Å²) in [6.07, 6.45) is 23.2. The average Bonchev–Trinajstić information content (AvgIpc) is 2.98. The molecule has 0 heterocycles. The molecule has 0 radical (unpaired) electrons. The van der Waals surface area contributed by atoms with E-state index in [1.807, 2.05) is 61.6 Å². The predicted molar refractivity (Wildman–Crippen MR) is 145 cm³/mol. The van der Waals surface area contributed by atoms with E-state index in [0.717, 1.165) is 12.1 Å². The summed E-state index contributed by atoms with van der Waals surface area (Å²) in [7, 11) is 1.97. The van der Waals surface area contributed by atoms with Crippen LogP contribution >= 0.6 is 0 Å². The first-order chi connectivity index (χ1) is 14.5. The number of unbranched alkanes of at least 4 members (excludes halogenated alkanes) is 1. The summed E-state index contributed by atoms with van der Waals surface area (Å²) in [5, 5.41) is 3.30. The zero-order chi connectivity index (χ0) is 24.4. The molecule has 0 amide bonds. The quantitative estimate of drug-likeness (QED) is 0.424. The minimum absolute atomic E-state index is 0.114. The van der Waals surface area contributed by atoms with E-state index >= 15 is 0 Å². The highest BCUT2D eigenvalue weighted by Gasteiger charge is 2.13. The van der Waals surface area contributed by atoms with Crippen molar-refractivity contribution in [3.8, 4) is 0 Å². The Balaban J connectivity index is -0.000000289. The fourth-order valence-electron chi connectivity index (χ4n) is 2.08. The van der Waals surface area contributed by atoms with Gasteiger partial charge in [0.25, 0.3) is 0 Å². The molecule has 0 saturated heterocycles. The van der Waals surface area contributed by atoms with Gasteiger partial charge in [0.15, 0.2) is 0 Å². The Morgan fingerprint density at radius 2 is 1.47 bits per heavy atom. The minimum Gasteiger partial charge on any atom is -0.388 e.